The Bertz CT molecular complexity index is 335. The number of carbonyl (C=O) groups excluding carboxylic acids is 1. The molecule has 1 aromatic rings. The fraction of sp³-hybridized carbons (Fsp3) is 0.556. The lowest BCUT2D eigenvalue weighted by Gasteiger charge is -2.15. The molecule has 0 aliphatic heterocycles. The zero-order valence-corrected chi connectivity index (χ0v) is 9.38. The van der Waals surface area contributed by atoms with Gasteiger partial charge in [-0.15, -0.1) is 11.6 Å². The van der Waals surface area contributed by atoms with Gasteiger partial charge < -0.3 is 4.90 Å². The second kappa shape index (κ2) is 4.46. The minimum Gasteiger partial charge on any atom is -0.340 e. The van der Waals surface area contributed by atoms with Crippen molar-refractivity contribution in [2.75, 3.05) is 12.9 Å². The molecule has 0 radical (unpaired) electrons. The Hall–Kier alpha value is -1.03. The molecule has 0 atom stereocenters. The van der Waals surface area contributed by atoms with Crippen molar-refractivity contribution in [2.24, 2.45) is 7.05 Å². The summed E-state index contributed by atoms with van der Waals surface area (Å²) in [4.78, 5) is 12.8. The minimum atomic E-state index is -0.0741. The largest absolute Gasteiger partial charge is 0.340 e. The summed E-state index contributed by atoms with van der Waals surface area (Å²) in [6.45, 7) is 2.53. The Morgan fingerprint density at radius 2 is 2.36 bits per heavy atom. The van der Waals surface area contributed by atoms with Crippen LogP contribution >= 0.6 is 11.6 Å². The van der Waals surface area contributed by atoms with Crippen LogP contribution in [0.25, 0.3) is 0 Å². The van der Waals surface area contributed by atoms with Gasteiger partial charge in [0.2, 0.25) is 5.91 Å². The van der Waals surface area contributed by atoms with Crippen LogP contribution in [0.15, 0.2) is 6.20 Å². The lowest BCUT2D eigenvalue weighted by Crippen LogP contribution is -2.27. The van der Waals surface area contributed by atoms with Gasteiger partial charge in [0.25, 0.3) is 0 Å². The van der Waals surface area contributed by atoms with Gasteiger partial charge in [-0.05, 0) is 6.92 Å². The third-order valence-corrected chi connectivity index (χ3v) is 2.51. The van der Waals surface area contributed by atoms with Crippen molar-refractivity contribution < 1.29 is 4.79 Å². The van der Waals surface area contributed by atoms with Crippen LogP contribution in [0.1, 0.15) is 11.3 Å². The SMILES string of the molecule is Cc1c(CN(C)C(=O)CCl)cnn1C. The predicted molar refractivity (Wildman–Crippen MR) is 55.1 cm³/mol. The van der Waals surface area contributed by atoms with E-state index in [0.29, 0.717) is 6.54 Å². The second-order valence-electron chi connectivity index (χ2n) is 3.26. The van der Waals surface area contributed by atoms with Gasteiger partial charge in [-0.1, -0.05) is 0 Å². The number of rotatable bonds is 3. The molecule has 1 heterocycles. The average molecular weight is 216 g/mol. The summed E-state index contributed by atoms with van der Waals surface area (Å²) in [5.74, 6) is -0.0505. The minimum absolute atomic E-state index is 0.0236. The summed E-state index contributed by atoms with van der Waals surface area (Å²) in [5.41, 5.74) is 2.12. The van der Waals surface area contributed by atoms with Crippen molar-refractivity contribution in [3.63, 3.8) is 0 Å². The van der Waals surface area contributed by atoms with Gasteiger partial charge in [0.05, 0.1) is 6.20 Å². The first-order valence-corrected chi connectivity index (χ1v) is 4.87. The normalized spacial score (nSPS) is 10.3. The van der Waals surface area contributed by atoms with Gasteiger partial charge in [-0.3, -0.25) is 9.48 Å². The fourth-order valence-corrected chi connectivity index (χ4v) is 1.35. The highest BCUT2D eigenvalue weighted by molar-refractivity contribution is 6.27. The molecule has 0 fully saturated rings. The van der Waals surface area contributed by atoms with Crippen molar-refractivity contribution in [1.82, 2.24) is 14.7 Å². The van der Waals surface area contributed by atoms with Crippen molar-refractivity contribution in [3.8, 4) is 0 Å². The number of hydrogen-bond acceptors (Lipinski definition) is 2. The van der Waals surface area contributed by atoms with E-state index in [-0.39, 0.29) is 11.8 Å². The van der Waals surface area contributed by atoms with Gasteiger partial charge >= 0.3 is 0 Å². The van der Waals surface area contributed by atoms with Crippen LogP contribution < -0.4 is 0 Å². The molecule has 0 N–H and O–H groups in total. The van der Waals surface area contributed by atoms with Crippen LogP contribution in [0.2, 0.25) is 0 Å². The topological polar surface area (TPSA) is 38.1 Å². The van der Waals surface area contributed by atoms with Gasteiger partial charge in [0.15, 0.2) is 0 Å². The number of alkyl halides is 1. The van der Waals surface area contributed by atoms with Crippen LogP contribution in [0.4, 0.5) is 0 Å². The second-order valence-corrected chi connectivity index (χ2v) is 3.53. The molecular formula is C9H14ClN3O. The Morgan fingerprint density at radius 1 is 1.71 bits per heavy atom. The Balaban J connectivity index is 2.69. The van der Waals surface area contributed by atoms with E-state index < -0.39 is 0 Å². The molecule has 14 heavy (non-hydrogen) atoms. The molecule has 0 saturated carbocycles. The maximum absolute atomic E-state index is 11.2. The number of aryl methyl sites for hydroxylation is 1. The fourth-order valence-electron chi connectivity index (χ4n) is 1.15. The molecule has 1 aromatic heterocycles. The maximum atomic E-state index is 11.2. The number of carbonyl (C=O) groups is 1. The number of halogens is 1. The monoisotopic (exact) mass is 215 g/mol. The summed E-state index contributed by atoms with van der Waals surface area (Å²) in [5, 5.41) is 4.10. The van der Waals surface area contributed by atoms with Crippen molar-refractivity contribution in [2.45, 2.75) is 13.5 Å². The molecule has 1 rings (SSSR count). The van der Waals surface area contributed by atoms with Crippen LogP contribution in [-0.4, -0.2) is 33.5 Å². The molecule has 4 nitrogen and oxygen atoms in total. The molecular weight excluding hydrogens is 202 g/mol. The molecule has 0 bridgehead atoms. The van der Waals surface area contributed by atoms with Crippen LogP contribution in [0, 0.1) is 6.92 Å². The molecule has 1 amide bonds. The molecule has 0 aliphatic carbocycles. The average Bonchev–Trinajstić information content (AvgIpc) is 2.48. The standard InChI is InChI=1S/C9H14ClN3O/c1-7-8(5-11-13(7)3)6-12(2)9(14)4-10/h5H,4,6H2,1-3H3. The third-order valence-electron chi connectivity index (χ3n) is 2.28. The molecule has 5 heteroatoms. The molecule has 0 spiro atoms. The Morgan fingerprint density at radius 3 is 2.79 bits per heavy atom. The highest BCUT2D eigenvalue weighted by Gasteiger charge is 2.10. The smallest absolute Gasteiger partial charge is 0.237 e. The number of amides is 1. The van der Waals surface area contributed by atoms with Gasteiger partial charge in [-0.25, -0.2) is 0 Å². The Kier molecular flexibility index (Phi) is 3.52. The van der Waals surface area contributed by atoms with Crippen LogP contribution in [-0.2, 0) is 18.4 Å². The predicted octanol–water partition coefficient (Wildman–Crippen LogP) is 0.926. The molecule has 0 aliphatic rings. The third kappa shape index (κ3) is 2.26. The van der Waals surface area contributed by atoms with Crippen molar-refractivity contribution >= 4 is 17.5 Å². The molecule has 0 aromatic carbocycles. The number of hydrogen-bond donors (Lipinski definition) is 0. The molecule has 78 valence electrons. The van der Waals surface area contributed by atoms with Crippen molar-refractivity contribution in [1.29, 1.82) is 0 Å². The van der Waals surface area contributed by atoms with Gasteiger partial charge in [0, 0.05) is 31.9 Å². The van der Waals surface area contributed by atoms with E-state index in [2.05, 4.69) is 5.10 Å². The quantitative estimate of drug-likeness (QED) is 0.704. The lowest BCUT2D eigenvalue weighted by atomic mass is 10.2. The van der Waals surface area contributed by atoms with E-state index in [1.54, 1.807) is 22.8 Å². The molecule has 0 saturated heterocycles. The zero-order valence-electron chi connectivity index (χ0n) is 8.62. The van der Waals surface area contributed by atoms with Gasteiger partial charge in [0.1, 0.15) is 5.88 Å². The first kappa shape index (κ1) is 11.0. The summed E-state index contributed by atoms with van der Waals surface area (Å²) in [7, 11) is 3.61. The molecule has 0 unspecified atom stereocenters. The maximum Gasteiger partial charge on any atom is 0.237 e. The summed E-state index contributed by atoms with van der Waals surface area (Å²) in [6.07, 6.45) is 1.77. The van der Waals surface area contributed by atoms with E-state index in [1.165, 1.54) is 0 Å². The number of aromatic nitrogens is 2. The first-order valence-electron chi connectivity index (χ1n) is 4.33. The van der Waals surface area contributed by atoms with E-state index in [9.17, 15) is 4.79 Å². The Labute approximate surface area is 88.5 Å². The van der Waals surface area contributed by atoms with E-state index in [1.807, 2.05) is 14.0 Å². The van der Waals surface area contributed by atoms with Gasteiger partial charge in [-0.2, -0.15) is 5.10 Å². The number of nitrogens with zero attached hydrogens (tertiary/aromatic N) is 3. The zero-order chi connectivity index (χ0) is 10.7. The summed E-state index contributed by atoms with van der Waals surface area (Å²) >= 11 is 5.45. The summed E-state index contributed by atoms with van der Waals surface area (Å²) in [6, 6.07) is 0. The lowest BCUT2D eigenvalue weighted by molar-refractivity contribution is -0.127. The first-order chi connectivity index (χ1) is 6.56. The van der Waals surface area contributed by atoms with E-state index in [0.717, 1.165) is 11.3 Å². The van der Waals surface area contributed by atoms with E-state index in [4.69, 9.17) is 11.6 Å². The highest BCUT2D eigenvalue weighted by atomic mass is 35.5. The van der Waals surface area contributed by atoms with Crippen LogP contribution in [0.5, 0.6) is 0 Å². The summed E-state index contributed by atoms with van der Waals surface area (Å²) < 4.78 is 1.79. The van der Waals surface area contributed by atoms with Crippen LogP contribution in [0.3, 0.4) is 0 Å². The highest BCUT2D eigenvalue weighted by Crippen LogP contribution is 2.08. The van der Waals surface area contributed by atoms with Crippen molar-refractivity contribution in [3.05, 3.63) is 17.5 Å². The van der Waals surface area contributed by atoms with E-state index >= 15 is 0 Å².